The molecule has 0 aliphatic carbocycles. The van der Waals surface area contributed by atoms with Crippen LogP contribution in [0.1, 0.15) is 38.2 Å². The number of hydrogen-bond acceptors (Lipinski definition) is 2. The van der Waals surface area contributed by atoms with Gasteiger partial charge in [-0.05, 0) is 38.3 Å². The van der Waals surface area contributed by atoms with E-state index < -0.39 is 10.0 Å². The summed E-state index contributed by atoms with van der Waals surface area (Å²) in [5, 5.41) is 0. The fourth-order valence-corrected chi connectivity index (χ4v) is 4.32. The number of hydrogen-bond donors (Lipinski definition) is 0. The van der Waals surface area contributed by atoms with Crippen molar-refractivity contribution < 1.29 is 8.42 Å². The van der Waals surface area contributed by atoms with Gasteiger partial charge >= 0.3 is 0 Å². The quantitative estimate of drug-likeness (QED) is 0.841. The minimum Gasteiger partial charge on any atom is -0.207 e. The van der Waals surface area contributed by atoms with Crippen LogP contribution < -0.4 is 0 Å². The molecule has 3 nitrogen and oxygen atoms in total. The molecule has 0 amide bonds. The molecular formula is C14H21NO2S. The summed E-state index contributed by atoms with van der Waals surface area (Å²) in [5.74, 6) is 0. The highest BCUT2D eigenvalue weighted by molar-refractivity contribution is 7.89. The van der Waals surface area contributed by atoms with E-state index in [-0.39, 0.29) is 6.04 Å². The predicted octanol–water partition coefficient (Wildman–Crippen LogP) is 2.95. The Morgan fingerprint density at radius 3 is 2.56 bits per heavy atom. The van der Waals surface area contributed by atoms with E-state index in [1.54, 1.807) is 16.4 Å². The molecule has 0 spiro atoms. The molecular weight excluding hydrogens is 246 g/mol. The largest absolute Gasteiger partial charge is 0.243 e. The van der Waals surface area contributed by atoms with Crippen LogP contribution in [0.3, 0.4) is 0 Å². The third kappa shape index (κ3) is 2.59. The molecule has 18 heavy (non-hydrogen) atoms. The first-order chi connectivity index (χ1) is 8.55. The van der Waals surface area contributed by atoms with E-state index in [0.717, 1.165) is 31.2 Å². The van der Waals surface area contributed by atoms with Crippen molar-refractivity contribution in [2.45, 2.75) is 50.5 Å². The molecule has 100 valence electrons. The van der Waals surface area contributed by atoms with Gasteiger partial charge in [-0.1, -0.05) is 31.0 Å². The summed E-state index contributed by atoms with van der Waals surface area (Å²) >= 11 is 0. The topological polar surface area (TPSA) is 37.4 Å². The lowest BCUT2D eigenvalue weighted by atomic mass is 10.1. The Morgan fingerprint density at radius 2 is 1.94 bits per heavy atom. The molecule has 0 N–H and O–H groups in total. The van der Waals surface area contributed by atoms with Gasteiger partial charge in [-0.25, -0.2) is 8.42 Å². The predicted molar refractivity (Wildman–Crippen MR) is 73.0 cm³/mol. The van der Waals surface area contributed by atoms with Crippen LogP contribution in [0.2, 0.25) is 0 Å². The summed E-state index contributed by atoms with van der Waals surface area (Å²) in [7, 11) is -3.29. The van der Waals surface area contributed by atoms with Crippen molar-refractivity contribution in [1.29, 1.82) is 0 Å². The van der Waals surface area contributed by atoms with Crippen LogP contribution >= 0.6 is 0 Å². The summed E-state index contributed by atoms with van der Waals surface area (Å²) < 4.78 is 26.8. The van der Waals surface area contributed by atoms with E-state index in [1.807, 2.05) is 19.1 Å². The van der Waals surface area contributed by atoms with Gasteiger partial charge < -0.3 is 0 Å². The Labute approximate surface area is 110 Å². The highest BCUT2D eigenvalue weighted by Gasteiger charge is 2.34. The number of sulfonamides is 1. The second-order valence-corrected chi connectivity index (χ2v) is 6.90. The van der Waals surface area contributed by atoms with Gasteiger partial charge in [-0.3, -0.25) is 0 Å². The molecule has 1 atom stereocenters. The highest BCUT2D eigenvalue weighted by atomic mass is 32.2. The van der Waals surface area contributed by atoms with Crippen LogP contribution in [0.5, 0.6) is 0 Å². The molecule has 1 aliphatic heterocycles. The fraction of sp³-hybridized carbons (Fsp3) is 0.571. The number of nitrogens with zero attached hydrogens (tertiary/aromatic N) is 1. The molecule has 1 heterocycles. The summed E-state index contributed by atoms with van der Waals surface area (Å²) in [6.45, 7) is 4.74. The van der Waals surface area contributed by atoms with Crippen molar-refractivity contribution in [3.8, 4) is 0 Å². The van der Waals surface area contributed by atoms with Crippen LogP contribution in [0, 0.1) is 6.92 Å². The maximum absolute atomic E-state index is 12.6. The fourth-order valence-electron chi connectivity index (χ4n) is 2.59. The smallest absolute Gasteiger partial charge is 0.207 e. The number of rotatable bonds is 4. The van der Waals surface area contributed by atoms with Crippen molar-refractivity contribution in [1.82, 2.24) is 4.31 Å². The van der Waals surface area contributed by atoms with E-state index >= 15 is 0 Å². The summed E-state index contributed by atoms with van der Waals surface area (Å²) in [4.78, 5) is 0.427. The van der Waals surface area contributed by atoms with Gasteiger partial charge in [0.05, 0.1) is 4.90 Å². The Hall–Kier alpha value is -0.870. The van der Waals surface area contributed by atoms with E-state index in [4.69, 9.17) is 0 Å². The Kier molecular flexibility index (Phi) is 4.07. The van der Waals surface area contributed by atoms with Gasteiger partial charge in [0, 0.05) is 12.6 Å². The van der Waals surface area contributed by atoms with Gasteiger partial charge in [0.1, 0.15) is 0 Å². The molecule has 2 rings (SSSR count). The van der Waals surface area contributed by atoms with E-state index in [2.05, 4.69) is 6.92 Å². The molecule has 1 aromatic rings. The van der Waals surface area contributed by atoms with Gasteiger partial charge in [0.15, 0.2) is 0 Å². The minimum atomic E-state index is -3.29. The molecule has 0 radical (unpaired) electrons. The standard InChI is InChI=1S/C14H21NO2S/c1-3-5-13-6-4-11-15(13)18(16,17)14-9-7-12(2)8-10-14/h7-10,13H,3-6,11H2,1-2H3/t13-/m0/s1. The van der Waals surface area contributed by atoms with Gasteiger partial charge in [-0.15, -0.1) is 0 Å². The normalized spacial score (nSPS) is 21.3. The highest BCUT2D eigenvalue weighted by Crippen LogP contribution is 2.28. The summed E-state index contributed by atoms with van der Waals surface area (Å²) in [6.07, 6.45) is 3.98. The SMILES string of the molecule is CCC[C@H]1CCCN1S(=O)(=O)c1ccc(C)cc1. The first-order valence-electron chi connectivity index (χ1n) is 6.64. The molecule has 1 aromatic carbocycles. The van der Waals surface area contributed by atoms with Crippen LogP contribution in [0.25, 0.3) is 0 Å². The summed E-state index contributed by atoms with van der Waals surface area (Å²) in [6, 6.07) is 7.34. The van der Waals surface area contributed by atoms with E-state index in [0.29, 0.717) is 11.4 Å². The van der Waals surface area contributed by atoms with Crippen molar-refractivity contribution in [3.63, 3.8) is 0 Å². The number of benzene rings is 1. The van der Waals surface area contributed by atoms with Crippen LogP contribution in [-0.4, -0.2) is 25.3 Å². The lowest BCUT2D eigenvalue weighted by Gasteiger charge is -2.23. The van der Waals surface area contributed by atoms with Crippen LogP contribution in [-0.2, 0) is 10.0 Å². The van der Waals surface area contributed by atoms with E-state index in [9.17, 15) is 8.42 Å². The maximum Gasteiger partial charge on any atom is 0.243 e. The Bertz CT molecular complexity index is 493. The maximum atomic E-state index is 12.6. The first kappa shape index (κ1) is 13.6. The molecule has 0 bridgehead atoms. The molecule has 0 saturated carbocycles. The summed E-state index contributed by atoms with van der Waals surface area (Å²) in [5.41, 5.74) is 1.08. The minimum absolute atomic E-state index is 0.196. The molecule has 0 aromatic heterocycles. The molecule has 1 aliphatic rings. The third-order valence-corrected chi connectivity index (χ3v) is 5.54. The average molecular weight is 267 g/mol. The second kappa shape index (κ2) is 5.41. The monoisotopic (exact) mass is 267 g/mol. The van der Waals surface area contributed by atoms with Gasteiger partial charge in [0.25, 0.3) is 0 Å². The Balaban J connectivity index is 2.27. The molecule has 1 saturated heterocycles. The zero-order valence-corrected chi connectivity index (χ0v) is 11.9. The lowest BCUT2D eigenvalue weighted by Crippen LogP contribution is -2.35. The van der Waals surface area contributed by atoms with Gasteiger partial charge in [0.2, 0.25) is 10.0 Å². The van der Waals surface area contributed by atoms with Crippen LogP contribution in [0.4, 0.5) is 0 Å². The van der Waals surface area contributed by atoms with Gasteiger partial charge in [-0.2, -0.15) is 4.31 Å². The van der Waals surface area contributed by atoms with Crippen molar-refractivity contribution in [2.24, 2.45) is 0 Å². The Morgan fingerprint density at radius 1 is 1.28 bits per heavy atom. The number of aryl methyl sites for hydroxylation is 1. The van der Waals surface area contributed by atoms with E-state index in [1.165, 1.54) is 0 Å². The molecule has 4 heteroatoms. The average Bonchev–Trinajstić information content (AvgIpc) is 2.79. The zero-order chi connectivity index (χ0) is 13.2. The molecule has 1 fully saturated rings. The zero-order valence-electron chi connectivity index (χ0n) is 11.1. The van der Waals surface area contributed by atoms with Crippen molar-refractivity contribution in [3.05, 3.63) is 29.8 Å². The van der Waals surface area contributed by atoms with Crippen LogP contribution in [0.15, 0.2) is 29.2 Å². The lowest BCUT2D eigenvalue weighted by molar-refractivity contribution is 0.368. The third-order valence-electron chi connectivity index (χ3n) is 3.57. The van der Waals surface area contributed by atoms with Crippen molar-refractivity contribution >= 4 is 10.0 Å². The first-order valence-corrected chi connectivity index (χ1v) is 8.08. The van der Waals surface area contributed by atoms with Crippen molar-refractivity contribution in [2.75, 3.05) is 6.54 Å². The molecule has 0 unspecified atom stereocenters. The second-order valence-electron chi connectivity index (χ2n) is 5.01.